The fourth-order valence-corrected chi connectivity index (χ4v) is 2.86. The van der Waals surface area contributed by atoms with Crippen LogP contribution >= 0.6 is 0 Å². The number of hydrogen-bond acceptors (Lipinski definition) is 4. The molecule has 5 nitrogen and oxygen atoms in total. The van der Waals surface area contributed by atoms with E-state index in [0.717, 1.165) is 10.9 Å². The molecule has 0 bridgehead atoms. The van der Waals surface area contributed by atoms with Crippen LogP contribution in [0.5, 0.6) is 5.75 Å². The maximum atomic E-state index is 9.92. The van der Waals surface area contributed by atoms with Gasteiger partial charge in [0.15, 0.2) is 0 Å². The molecule has 0 unspecified atom stereocenters. The van der Waals surface area contributed by atoms with Crippen molar-refractivity contribution in [3.63, 3.8) is 0 Å². The highest BCUT2D eigenvalue weighted by atomic mass is 16.5. The predicted molar refractivity (Wildman–Crippen MR) is 92.7 cm³/mol. The summed E-state index contributed by atoms with van der Waals surface area (Å²) in [6.07, 6.45) is 2.08. The Balaban J connectivity index is 1.75. The molecule has 1 N–H and O–H groups in total. The molecule has 5 heteroatoms. The molecule has 0 spiro atoms. The molecule has 2 aromatic carbocycles. The van der Waals surface area contributed by atoms with Gasteiger partial charge in [0.05, 0.1) is 5.56 Å². The number of phenolic OH excluding ortho intramolecular Hbond substituents is 1. The van der Waals surface area contributed by atoms with Crippen LogP contribution in [0.15, 0.2) is 59.3 Å². The van der Waals surface area contributed by atoms with E-state index in [1.54, 1.807) is 18.2 Å². The molecule has 2 heterocycles. The lowest BCUT2D eigenvalue weighted by Crippen LogP contribution is -1.97. The summed E-state index contributed by atoms with van der Waals surface area (Å²) in [5.74, 6) is 0.949. The lowest BCUT2D eigenvalue weighted by atomic mass is 10.1. The zero-order valence-electron chi connectivity index (χ0n) is 13.5. The molecular formula is C19H17N3O2. The average Bonchev–Trinajstić information content (AvgIpc) is 3.21. The van der Waals surface area contributed by atoms with Crippen molar-refractivity contribution < 1.29 is 9.63 Å². The number of phenols is 1. The van der Waals surface area contributed by atoms with Crippen molar-refractivity contribution in [3.8, 4) is 28.6 Å². The smallest absolute Gasteiger partial charge is 0.258 e. The molecule has 0 radical (unpaired) electrons. The van der Waals surface area contributed by atoms with Crippen LogP contribution in [0.25, 0.3) is 33.7 Å². The van der Waals surface area contributed by atoms with Gasteiger partial charge < -0.3 is 14.2 Å². The van der Waals surface area contributed by atoms with Gasteiger partial charge in [-0.1, -0.05) is 17.3 Å². The van der Waals surface area contributed by atoms with Gasteiger partial charge in [0.2, 0.25) is 5.82 Å². The highest BCUT2D eigenvalue weighted by Gasteiger charge is 2.14. The summed E-state index contributed by atoms with van der Waals surface area (Å²) in [7, 11) is 0. The van der Waals surface area contributed by atoms with Gasteiger partial charge in [0.25, 0.3) is 5.89 Å². The molecule has 0 saturated carbocycles. The number of nitrogens with zero attached hydrogens (tertiary/aromatic N) is 3. The van der Waals surface area contributed by atoms with Crippen molar-refractivity contribution in [2.45, 2.75) is 19.9 Å². The predicted octanol–water partition coefficient (Wildman–Crippen LogP) is 4.64. The first-order chi connectivity index (χ1) is 11.6. The molecule has 0 fully saturated rings. The van der Waals surface area contributed by atoms with E-state index in [1.165, 1.54) is 5.52 Å². The first kappa shape index (κ1) is 14.5. The minimum Gasteiger partial charge on any atom is -0.507 e. The molecule has 4 rings (SSSR count). The summed E-state index contributed by atoms with van der Waals surface area (Å²) in [6.45, 7) is 4.31. The first-order valence-corrected chi connectivity index (χ1v) is 7.86. The summed E-state index contributed by atoms with van der Waals surface area (Å²) in [5.41, 5.74) is 2.59. The van der Waals surface area contributed by atoms with Gasteiger partial charge in [-0.3, -0.25) is 0 Å². The van der Waals surface area contributed by atoms with Crippen molar-refractivity contribution >= 4 is 10.9 Å². The van der Waals surface area contributed by atoms with Crippen LogP contribution in [0, 0.1) is 0 Å². The Morgan fingerprint density at radius 1 is 1.08 bits per heavy atom. The van der Waals surface area contributed by atoms with Crippen LogP contribution in [0.2, 0.25) is 0 Å². The lowest BCUT2D eigenvalue weighted by molar-refractivity contribution is 0.431. The molecule has 0 aliphatic carbocycles. The summed E-state index contributed by atoms with van der Waals surface area (Å²) in [6, 6.07) is 15.5. The van der Waals surface area contributed by atoms with E-state index < -0.39 is 0 Å². The van der Waals surface area contributed by atoms with Crippen LogP contribution in [-0.4, -0.2) is 19.8 Å². The van der Waals surface area contributed by atoms with Crippen molar-refractivity contribution in [1.82, 2.24) is 14.7 Å². The van der Waals surface area contributed by atoms with Crippen molar-refractivity contribution in [3.05, 3.63) is 54.7 Å². The Kier molecular flexibility index (Phi) is 3.34. The van der Waals surface area contributed by atoms with E-state index in [4.69, 9.17) is 4.52 Å². The summed E-state index contributed by atoms with van der Waals surface area (Å²) in [4.78, 5) is 4.42. The van der Waals surface area contributed by atoms with E-state index >= 15 is 0 Å². The third-order valence-electron chi connectivity index (χ3n) is 4.09. The Morgan fingerprint density at radius 3 is 2.71 bits per heavy atom. The summed E-state index contributed by atoms with van der Waals surface area (Å²) >= 11 is 0. The number of hydrogen-bond donors (Lipinski definition) is 1. The molecule has 0 atom stereocenters. The lowest BCUT2D eigenvalue weighted by Gasteiger charge is -2.09. The van der Waals surface area contributed by atoms with Crippen LogP contribution in [-0.2, 0) is 0 Å². The maximum Gasteiger partial charge on any atom is 0.258 e. The fraction of sp³-hybridized carbons (Fsp3) is 0.158. The fourth-order valence-electron chi connectivity index (χ4n) is 2.86. The van der Waals surface area contributed by atoms with Gasteiger partial charge in [-0.2, -0.15) is 4.98 Å². The second-order valence-corrected chi connectivity index (χ2v) is 6.03. The van der Waals surface area contributed by atoms with Crippen molar-refractivity contribution in [2.75, 3.05) is 0 Å². The Labute approximate surface area is 139 Å². The SMILES string of the molecule is CC(C)n1ccc2cc(-c3nc(-c4ccccc4O)no3)ccc21. The molecule has 0 aliphatic rings. The zero-order chi connectivity index (χ0) is 16.7. The van der Waals surface area contributed by atoms with E-state index in [9.17, 15) is 5.11 Å². The van der Waals surface area contributed by atoms with Gasteiger partial charge in [-0.05, 0) is 50.2 Å². The van der Waals surface area contributed by atoms with Gasteiger partial charge in [-0.25, -0.2) is 0 Å². The van der Waals surface area contributed by atoms with E-state index in [0.29, 0.717) is 23.3 Å². The molecule has 2 aromatic heterocycles. The van der Waals surface area contributed by atoms with E-state index in [2.05, 4.69) is 46.9 Å². The quantitative estimate of drug-likeness (QED) is 0.597. The molecule has 24 heavy (non-hydrogen) atoms. The standard InChI is InChI=1S/C19H17N3O2/c1-12(2)22-10-9-13-11-14(7-8-16(13)22)19-20-18(21-24-19)15-5-3-4-6-17(15)23/h3-12,23H,1-2H3. The third kappa shape index (κ3) is 2.34. The molecule has 0 amide bonds. The summed E-state index contributed by atoms with van der Waals surface area (Å²) < 4.78 is 7.61. The normalized spacial score (nSPS) is 11.5. The molecule has 0 saturated heterocycles. The minimum atomic E-state index is 0.134. The molecule has 120 valence electrons. The second kappa shape index (κ2) is 5.53. The van der Waals surface area contributed by atoms with Crippen molar-refractivity contribution in [2.24, 2.45) is 0 Å². The van der Waals surface area contributed by atoms with Gasteiger partial charge in [0.1, 0.15) is 5.75 Å². The number of para-hydroxylation sites is 1. The highest BCUT2D eigenvalue weighted by molar-refractivity contribution is 5.84. The third-order valence-corrected chi connectivity index (χ3v) is 4.09. The molecule has 4 aromatic rings. The van der Waals surface area contributed by atoms with E-state index in [1.807, 2.05) is 18.2 Å². The number of fused-ring (bicyclic) bond motifs is 1. The maximum absolute atomic E-state index is 9.92. The van der Waals surface area contributed by atoms with E-state index in [-0.39, 0.29) is 5.75 Å². The number of rotatable bonds is 3. The van der Waals surface area contributed by atoms with Crippen LogP contribution in [0.3, 0.4) is 0 Å². The minimum absolute atomic E-state index is 0.134. The molecular weight excluding hydrogens is 302 g/mol. The monoisotopic (exact) mass is 319 g/mol. The Morgan fingerprint density at radius 2 is 1.92 bits per heavy atom. The van der Waals surface area contributed by atoms with Crippen LogP contribution < -0.4 is 0 Å². The number of aromatic hydroxyl groups is 1. The largest absolute Gasteiger partial charge is 0.507 e. The van der Waals surface area contributed by atoms with Crippen LogP contribution in [0.1, 0.15) is 19.9 Å². The Hall–Kier alpha value is -3.08. The Bertz CT molecular complexity index is 1010. The van der Waals surface area contributed by atoms with Gasteiger partial charge in [0, 0.05) is 28.7 Å². The van der Waals surface area contributed by atoms with Gasteiger partial charge >= 0.3 is 0 Å². The van der Waals surface area contributed by atoms with Crippen LogP contribution in [0.4, 0.5) is 0 Å². The number of benzene rings is 2. The first-order valence-electron chi connectivity index (χ1n) is 7.86. The zero-order valence-corrected chi connectivity index (χ0v) is 13.5. The molecule has 0 aliphatic heterocycles. The summed E-state index contributed by atoms with van der Waals surface area (Å²) in [5, 5.41) is 15.0. The topological polar surface area (TPSA) is 64.1 Å². The van der Waals surface area contributed by atoms with Gasteiger partial charge in [-0.15, -0.1) is 0 Å². The highest BCUT2D eigenvalue weighted by Crippen LogP contribution is 2.30. The van der Waals surface area contributed by atoms with Crippen molar-refractivity contribution in [1.29, 1.82) is 0 Å². The second-order valence-electron chi connectivity index (χ2n) is 6.03. The number of aromatic nitrogens is 3. The average molecular weight is 319 g/mol.